The number of piperidine rings is 1. The van der Waals surface area contributed by atoms with E-state index in [0.29, 0.717) is 19.7 Å². The van der Waals surface area contributed by atoms with Gasteiger partial charge in [0.15, 0.2) is 0 Å². The highest BCUT2D eigenvalue weighted by molar-refractivity contribution is 7.88. The van der Waals surface area contributed by atoms with Gasteiger partial charge in [-0.2, -0.15) is 4.31 Å². The van der Waals surface area contributed by atoms with Gasteiger partial charge in [0.25, 0.3) is 0 Å². The summed E-state index contributed by atoms with van der Waals surface area (Å²) in [5.41, 5.74) is 1.01. The van der Waals surface area contributed by atoms with Crippen LogP contribution in [-0.2, 0) is 21.3 Å². The molecule has 1 aromatic heterocycles. The number of rotatable bonds is 3. The Labute approximate surface area is 125 Å². The van der Waals surface area contributed by atoms with Crippen LogP contribution in [-0.4, -0.2) is 67.2 Å². The Balaban J connectivity index is 1.71. The topological polar surface area (TPSA) is 62.7 Å². The van der Waals surface area contributed by atoms with Gasteiger partial charge in [0.1, 0.15) is 0 Å². The lowest BCUT2D eigenvalue weighted by Crippen LogP contribution is -2.60. The van der Waals surface area contributed by atoms with Crippen LogP contribution in [0.25, 0.3) is 0 Å². The van der Waals surface area contributed by atoms with Crippen molar-refractivity contribution in [2.75, 3.05) is 32.5 Å². The monoisotopic (exact) mass is 311 g/mol. The van der Waals surface area contributed by atoms with E-state index in [-0.39, 0.29) is 12.1 Å². The molecule has 6 nitrogen and oxygen atoms in total. The van der Waals surface area contributed by atoms with Gasteiger partial charge in [0.2, 0.25) is 10.0 Å². The van der Waals surface area contributed by atoms with Crippen molar-refractivity contribution in [2.45, 2.75) is 25.1 Å². The summed E-state index contributed by atoms with van der Waals surface area (Å²) in [7, 11) is -3.18. The molecule has 0 aliphatic carbocycles. The van der Waals surface area contributed by atoms with Crippen LogP contribution in [0.5, 0.6) is 0 Å². The molecule has 0 spiro atoms. The van der Waals surface area contributed by atoms with Gasteiger partial charge < -0.3 is 4.74 Å². The van der Waals surface area contributed by atoms with Gasteiger partial charge in [-0.15, -0.1) is 0 Å². The van der Waals surface area contributed by atoms with E-state index in [1.807, 2.05) is 18.2 Å². The van der Waals surface area contributed by atoms with Crippen LogP contribution in [0.4, 0.5) is 0 Å². The third-order valence-electron chi connectivity index (χ3n) is 4.16. The van der Waals surface area contributed by atoms with Crippen LogP contribution in [0, 0.1) is 0 Å². The van der Waals surface area contributed by atoms with Crippen LogP contribution in [0.3, 0.4) is 0 Å². The number of sulfonamides is 1. The Hall–Kier alpha value is -1.02. The molecule has 116 valence electrons. The van der Waals surface area contributed by atoms with E-state index in [1.165, 1.54) is 6.26 Å². The summed E-state index contributed by atoms with van der Waals surface area (Å²) in [5, 5.41) is 0. The Bertz CT molecular complexity index is 578. The van der Waals surface area contributed by atoms with Crippen molar-refractivity contribution in [3.63, 3.8) is 0 Å². The smallest absolute Gasteiger partial charge is 0.211 e. The van der Waals surface area contributed by atoms with E-state index in [9.17, 15) is 8.42 Å². The average molecular weight is 311 g/mol. The second kappa shape index (κ2) is 6.00. The zero-order valence-corrected chi connectivity index (χ0v) is 13.0. The van der Waals surface area contributed by atoms with Gasteiger partial charge in [-0.1, -0.05) is 6.07 Å². The molecule has 0 aromatic carbocycles. The zero-order chi connectivity index (χ0) is 14.9. The molecule has 3 rings (SSSR count). The number of aromatic nitrogens is 1. The molecule has 0 unspecified atom stereocenters. The maximum Gasteiger partial charge on any atom is 0.211 e. The molecular weight excluding hydrogens is 290 g/mol. The van der Waals surface area contributed by atoms with Gasteiger partial charge in [0, 0.05) is 32.4 Å². The van der Waals surface area contributed by atoms with Crippen molar-refractivity contribution < 1.29 is 13.2 Å². The number of ether oxygens (including phenoxy) is 1. The first-order chi connectivity index (χ1) is 10.0. The lowest BCUT2D eigenvalue weighted by atomic mass is 10.0. The Morgan fingerprint density at radius 3 is 2.95 bits per heavy atom. The predicted octanol–water partition coefficient (Wildman–Crippen LogP) is 0.316. The SMILES string of the molecule is CS(=O)(=O)N1CCO[C@H]2CCN(Cc3ccccn3)C[C@@H]21. The van der Waals surface area contributed by atoms with Gasteiger partial charge in [-0.3, -0.25) is 9.88 Å². The quantitative estimate of drug-likeness (QED) is 0.804. The molecule has 0 saturated carbocycles. The molecule has 2 saturated heterocycles. The molecule has 7 heteroatoms. The fourth-order valence-electron chi connectivity index (χ4n) is 3.18. The van der Waals surface area contributed by atoms with Crippen molar-refractivity contribution in [2.24, 2.45) is 0 Å². The van der Waals surface area contributed by atoms with E-state index < -0.39 is 10.0 Å². The molecule has 21 heavy (non-hydrogen) atoms. The Kier molecular flexibility index (Phi) is 4.26. The van der Waals surface area contributed by atoms with E-state index in [0.717, 1.165) is 25.2 Å². The molecule has 2 aliphatic rings. The van der Waals surface area contributed by atoms with Gasteiger partial charge >= 0.3 is 0 Å². The Morgan fingerprint density at radius 2 is 2.24 bits per heavy atom. The molecular formula is C14H21N3O3S. The standard InChI is InChI=1S/C14H21N3O3S/c1-21(18,19)17-8-9-20-14-5-7-16(11-13(14)17)10-12-4-2-3-6-15-12/h2-4,6,13-14H,5,7-11H2,1H3/t13-,14-/m0/s1. The molecule has 1 aromatic rings. The number of hydrogen-bond donors (Lipinski definition) is 0. The molecule has 2 atom stereocenters. The van der Waals surface area contributed by atoms with Crippen molar-refractivity contribution in [1.82, 2.24) is 14.2 Å². The highest BCUT2D eigenvalue weighted by Crippen LogP contribution is 2.25. The number of hydrogen-bond acceptors (Lipinski definition) is 5. The first kappa shape index (κ1) is 14.9. The second-order valence-corrected chi connectivity index (χ2v) is 7.63. The average Bonchev–Trinajstić information content (AvgIpc) is 2.46. The first-order valence-electron chi connectivity index (χ1n) is 7.25. The third kappa shape index (κ3) is 3.42. The fraction of sp³-hybridized carbons (Fsp3) is 0.643. The largest absolute Gasteiger partial charge is 0.375 e. The summed E-state index contributed by atoms with van der Waals surface area (Å²) in [6, 6.07) is 5.79. The number of pyridine rings is 1. The minimum Gasteiger partial charge on any atom is -0.375 e. The molecule has 0 N–H and O–H groups in total. The normalized spacial score (nSPS) is 28.2. The summed E-state index contributed by atoms with van der Waals surface area (Å²) in [6.45, 7) is 3.32. The number of nitrogens with zero attached hydrogens (tertiary/aromatic N) is 3. The van der Waals surface area contributed by atoms with Gasteiger partial charge in [0.05, 0.1) is 30.7 Å². The third-order valence-corrected chi connectivity index (χ3v) is 5.46. The maximum absolute atomic E-state index is 11.9. The lowest BCUT2D eigenvalue weighted by Gasteiger charge is -2.45. The maximum atomic E-state index is 11.9. The van der Waals surface area contributed by atoms with E-state index in [2.05, 4.69) is 9.88 Å². The van der Waals surface area contributed by atoms with Gasteiger partial charge in [-0.25, -0.2) is 8.42 Å². The van der Waals surface area contributed by atoms with Crippen LogP contribution >= 0.6 is 0 Å². The molecule has 0 radical (unpaired) electrons. The Morgan fingerprint density at radius 1 is 1.38 bits per heavy atom. The molecule has 0 amide bonds. The van der Waals surface area contributed by atoms with Crippen molar-refractivity contribution >= 4 is 10.0 Å². The summed E-state index contributed by atoms with van der Waals surface area (Å²) >= 11 is 0. The summed E-state index contributed by atoms with van der Waals surface area (Å²) < 4.78 is 31.3. The van der Waals surface area contributed by atoms with Crippen LogP contribution in [0.1, 0.15) is 12.1 Å². The highest BCUT2D eigenvalue weighted by atomic mass is 32.2. The lowest BCUT2D eigenvalue weighted by molar-refractivity contribution is -0.0769. The van der Waals surface area contributed by atoms with Crippen LogP contribution in [0.15, 0.2) is 24.4 Å². The summed E-state index contributed by atoms with van der Waals surface area (Å²) in [5.74, 6) is 0. The van der Waals surface area contributed by atoms with Crippen molar-refractivity contribution in [1.29, 1.82) is 0 Å². The minimum atomic E-state index is -3.18. The molecule has 2 fully saturated rings. The molecule has 0 bridgehead atoms. The summed E-state index contributed by atoms with van der Waals surface area (Å²) in [6.07, 6.45) is 3.96. The molecule has 2 aliphatic heterocycles. The van der Waals surface area contributed by atoms with E-state index >= 15 is 0 Å². The minimum absolute atomic E-state index is 0.0217. The first-order valence-corrected chi connectivity index (χ1v) is 9.09. The fourth-order valence-corrected chi connectivity index (χ4v) is 4.28. The predicted molar refractivity (Wildman–Crippen MR) is 79.2 cm³/mol. The van der Waals surface area contributed by atoms with Gasteiger partial charge in [-0.05, 0) is 18.6 Å². The number of likely N-dealkylation sites (tertiary alicyclic amines) is 1. The number of fused-ring (bicyclic) bond motifs is 1. The second-order valence-electron chi connectivity index (χ2n) is 5.70. The highest BCUT2D eigenvalue weighted by Gasteiger charge is 2.40. The van der Waals surface area contributed by atoms with Crippen molar-refractivity contribution in [3.05, 3.63) is 30.1 Å². The van der Waals surface area contributed by atoms with Crippen LogP contribution < -0.4 is 0 Å². The van der Waals surface area contributed by atoms with Crippen molar-refractivity contribution in [3.8, 4) is 0 Å². The van der Waals surface area contributed by atoms with E-state index in [4.69, 9.17) is 4.74 Å². The number of morpholine rings is 1. The zero-order valence-electron chi connectivity index (χ0n) is 12.2. The van der Waals surface area contributed by atoms with Crippen LogP contribution in [0.2, 0.25) is 0 Å². The van der Waals surface area contributed by atoms with E-state index in [1.54, 1.807) is 10.5 Å². The molecule has 3 heterocycles. The summed E-state index contributed by atoms with van der Waals surface area (Å²) in [4.78, 5) is 6.60.